The molecule has 21 heavy (non-hydrogen) atoms. The van der Waals surface area contributed by atoms with Crippen LogP contribution in [-0.4, -0.2) is 37.2 Å². The lowest BCUT2D eigenvalue weighted by Crippen LogP contribution is -2.44. The fourth-order valence-corrected chi connectivity index (χ4v) is 3.01. The number of hydrogen-bond donors (Lipinski definition) is 2. The SMILES string of the molecule is COCCNC(=O)C(C)NC(C)c1nc2ccccc2s1. The number of aromatic nitrogens is 1. The van der Waals surface area contributed by atoms with Crippen LogP contribution in [0.1, 0.15) is 24.9 Å². The van der Waals surface area contributed by atoms with E-state index >= 15 is 0 Å². The molecular weight excluding hydrogens is 286 g/mol. The molecule has 0 aliphatic heterocycles. The zero-order valence-corrected chi connectivity index (χ0v) is 13.4. The maximum Gasteiger partial charge on any atom is 0.236 e. The first-order valence-corrected chi connectivity index (χ1v) is 7.81. The number of fused-ring (bicyclic) bond motifs is 1. The minimum Gasteiger partial charge on any atom is -0.383 e. The Hall–Kier alpha value is -1.50. The van der Waals surface area contributed by atoms with E-state index in [1.165, 1.54) is 4.70 Å². The Balaban J connectivity index is 1.93. The first kappa shape index (κ1) is 15.9. The van der Waals surface area contributed by atoms with Gasteiger partial charge >= 0.3 is 0 Å². The van der Waals surface area contributed by atoms with Crippen molar-refractivity contribution >= 4 is 27.5 Å². The second-order valence-electron chi connectivity index (χ2n) is 4.91. The van der Waals surface area contributed by atoms with Gasteiger partial charge in [-0.05, 0) is 26.0 Å². The Morgan fingerprint density at radius 3 is 2.86 bits per heavy atom. The minimum atomic E-state index is -0.274. The maximum absolute atomic E-state index is 11.9. The van der Waals surface area contributed by atoms with Crippen molar-refractivity contribution in [1.82, 2.24) is 15.6 Å². The molecule has 2 N–H and O–H groups in total. The second-order valence-corrected chi connectivity index (χ2v) is 5.98. The molecule has 0 fully saturated rings. The third kappa shape index (κ3) is 4.23. The fourth-order valence-electron chi connectivity index (χ4n) is 2.03. The van der Waals surface area contributed by atoms with Gasteiger partial charge in [0, 0.05) is 13.7 Å². The zero-order valence-electron chi connectivity index (χ0n) is 12.6. The third-order valence-corrected chi connectivity index (χ3v) is 4.40. The molecule has 1 amide bonds. The lowest BCUT2D eigenvalue weighted by molar-refractivity contribution is -0.123. The summed E-state index contributed by atoms with van der Waals surface area (Å²) in [6.45, 7) is 4.92. The molecule has 1 heterocycles. The number of rotatable bonds is 7. The van der Waals surface area contributed by atoms with Crippen molar-refractivity contribution in [2.75, 3.05) is 20.3 Å². The van der Waals surface area contributed by atoms with Crippen LogP contribution in [0.3, 0.4) is 0 Å². The van der Waals surface area contributed by atoms with Gasteiger partial charge in [-0.15, -0.1) is 11.3 Å². The van der Waals surface area contributed by atoms with E-state index in [1.807, 2.05) is 32.0 Å². The summed E-state index contributed by atoms with van der Waals surface area (Å²) in [5.41, 5.74) is 1.00. The normalized spacial score (nSPS) is 14.0. The molecule has 6 heteroatoms. The van der Waals surface area contributed by atoms with E-state index in [9.17, 15) is 4.79 Å². The van der Waals surface area contributed by atoms with Crippen LogP contribution in [0.15, 0.2) is 24.3 Å². The first-order valence-electron chi connectivity index (χ1n) is 7.00. The number of nitrogens with zero attached hydrogens (tertiary/aromatic N) is 1. The van der Waals surface area contributed by atoms with Crippen LogP contribution in [0.4, 0.5) is 0 Å². The highest BCUT2D eigenvalue weighted by Crippen LogP contribution is 2.26. The number of ether oxygens (including phenoxy) is 1. The van der Waals surface area contributed by atoms with Crippen molar-refractivity contribution in [2.24, 2.45) is 0 Å². The van der Waals surface area contributed by atoms with E-state index in [0.29, 0.717) is 13.2 Å². The summed E-state index contributed by atoms with van der Waals surface area (Å²) >= 11 is 1.66. The molecule has 0 aliphatic carbocycles. The highest BCUT2D eigenvalue weighted by atomic mass is 32.1. The second kappa shape index (κ2) is 7.49. The Morgan fingerprint density at radius 1 is 1.38 bits per heavy atom. The zero-order chi connectivity index (χ0) is 15.2. The number of methoxy groups -OCH3 is 1. The average Bonchev–Trinajstić information content (AvgIpc) is 2.91. The number of carbonyl (C=O) groups is 1. The number of thiazole rings is 1. The quantitative estimate of drug-likeness (QED) is 0.769. The van der Waals surface area contributed by atoms with Crippen molar-refractivity contribution in [2.45, 2.75) is 25.9 Å². The van der Waals surface area contributed by atoms with Crippen LogP contribution in [0.2, 0.25) is 0 Å². The Kier molecular flexibility index (Phi) is 5.67. The van der Waals surface area contributed by atoms with Gasteiger partial charge < -0.3 is 10.1 Å². The van der Waals surface area contributed by atoms with Crippen molar-refractivity contribution < 1.29 is 9.53 Å². The largest absolute Gasteiger partial charge is 0.383 e. The molecule has 5 nitrogen and oxygen atoms in total. The van der Waals surface area contributed by atoms with Gasteiger partial charge in [-0.1, -0.05) is 12.1 Å². The highest BCUT2D eigenvalue weighted by molar-refractivity contribution is 7.18. The van der Waals surface area contributed by atoms with Crippen LogP contribution in [-0.2, 0) is 9.53 Å². The summed E-state index contributed by atoms with van der Waals surface area (Å²) in [7, 11) is 1.61. The lowest BCUT2D eigenvalue weighted by atomic mass is 10.2. The molecule has 0 bridgehead atoms. The van der Waals surface area contributed by atoms with Crippen molar-refractivity contribution in [3.63, 3.8) is 0 Å². The van der Waals surface area contributed by atoms with Gasteiger partial charge in [-0.2, -0.15) is 0 Å². The summed E-state index contributed by atoms with van der Waals surface area (Å²) in [6.07, 6.45) is 0. The van der Waals surface area contributed by atoms with Gasteiger partial charge in [0.1, 0.15) is 5.01 Å². The monoisotopic (exact) mass is 307 g/mol. The van der Waals surface area contributed by atoms with E-state index in [0.717, 1.165) is 10.5 Å². The minimum absolute atomic E-state index is 0.0278. The number of para-hydroxylation sites is 1. The summed E-state index contributed by atoms with van der Waals surface area (Å²) in [6, 6.07) is 7.81. The van der Waals surface area contributed by atoms with Crippen molar-refractivity contribution in [3.05, 3.63) is 29.3 Å². The summed E-state index contributed by atoms with van der Waals surface area (Å²) < 4.78 is 6.08. The van der Waals surface area contributed by atoms with E-state index in [4.69, 9.17) is 4.74 Å². The van der Waals surface area contributed by atoms with E-state index in [2.05, 4.69) is 21.7 Å². The van der Waals surface area contributed by atoms with Crippen molar-refractivity contribution in [3.8, 4) is 0 Å². The number of hydrogen-bond acceptors (Lipinski definition) is 5. The molecular formula is C15H21N3O2S. The Morgan fingerprint density at radius 2 is 2.14 bits per heavy atom. The Labute approximate surface area is 128 Å². The molecule has 0 aliphatic rings. The predicted molar refractivity (Wildman–Crippen MR) is 85.5 cm³/mol. The van der Waals surface area contributed by atoms with Gasteiger partial charge in [0.15, 0.2) is 0 Å². The smallest absolute Gasteiger partial charge is 0.236 e. The first-order chi connectivity index (χ1) is 10.1. The van der Waals surface area contributed by atoms with E-state index < -0.39 is 0 Å². The maximum atomic E-state index is 11.9. The Bertz CT molecular complexity index is 566. The number of nitrogens with one attached hydrogen (secondary N) is 2. The topological polar surface area (TPSA) is 63.2 Å². The number of benzene rings is 1. The highest BCUT2D eigenvalue weighted by Gasteiger charge is 2.18. The van der Waals surface area contributed by atoms with Gasteiger partial charge in [0.05, 0.1) is 28.9 Å². The molecule has 2 aromatic rings. The molecule has 1 aromatic carbocycles. The molecule has 0 spiro atoms. The van der Waals surface area contributed by atoms with Crippen LogP contribution in [0.5, 0.6) is 0 Å². The predicted octanol–water partition coefficient (Wildman–Crippen LogP) is 2.10. The number of amides is 1. The fraction of sp³-hybridized carbons (Fsp3) is 0.467. The van der Waals surface area contributed by atoms with Gasteiger partial charge in [-0.25, -0.2) is 4.98 Å². The summed E-state index contributed by atoms with van der Waals surface area (Å²) in [5.74, 6) is -0.0278. The average molecular weight is 307 g/mol. The van der Waals surface area contributed by atoms with Crippen LogP contribution in [0.25, 0.3) is 10.2 Å². The standard InChI is InChI=1S/C15H21N3O2S/c1-10(14(19)16-8-9-20-3)17-11(2)15-18-12-6-4-5-7-13(12)21-15/h4-7,10-11,17H,8-9H2,1-3H3,(H,16,19). The molecule has 0 saturated heterocycles. The molecule has 2 atom stereocenters. The van der Waals surface area contributed by atoms with Crippen LogP contribution < -0.4 is 10.6 Å². The summed E-state index contributed by atoms with van der Waals surface area (Å²) in [5, 5.41) is 7.10. The van der Waals surface area contributed by atoms with Crippen LogP contribution in [0, 0.1) is 0 Å². The van der Waals surface area contributed by atoms with E-state index in [1.54, 1.807) is 18.4 Å². The molecule has 2 unspecified atom stereocenters. The van der Waals surface area contributed by atoms with E-state index in [-0.39, 0.29) is 18.0 Å². The number of carbonyl (C=O) groups excluding carboxylic acids is 1. The molecule has 1 aromatic heterocycles. The third-order valence-electron chi connectivity index (χ3n) is 3.18. The molecule has 2 rings (SSSR count). The van der Waals surface area contributed by atoms with Crippen molar-refractivity contribution in [1.29, 1.82) is 0 Å². The van der Waals surface area contributed by atoms with Gasteiger partial charge in [0.25, 0.3) is 0 Å². The van der Waals surface area contributed by atoms with Gasteiger partial charge in [0.2, 0.25) is 5.91 Å². The van der Waals surface area contributed by atoms with Crippen LogP contribution >= 0.6 is 11.3 Å². The van der Waals surface area contributed by atoms with Gasteiger partial charge in [-0.3, -0.25) is 10.1 Å². The summed E-state index contributed by atoms with van der Waals surface area (Å²) in [4.78, 5) is 16.5. The molecule has 114 valence electrons. The lowest BCUT2D eigenvalue weighted by Gasteiger charge is -2.18. The molecule has 0 saturated carbocycles. The molecule has 0 radical (unpaired) electrons.